The van der Waals surface area contributed by atoms with Crippen molar-refractivity contribution >= 4 is 11.7 Å². The van der Waals surface area contributed by atoms with Crippen molar-refractivity contribution in [3.63, 3.8) is 0 Å². The van der Waals surface area contributed by atoms with Crippen LogP contribution in [0.3, 0.4) is 0 Å². The summed E-state index contributed by atoms with van der Waals surface area (Å²) in [6, 6.07) is 4.88. The van der Waals surface area contributed by atoms with Crippen LogP contribution in [0.25, 0.3) is 0 Å². The van der Waals surface area contributed by atoms with E-state index in [-0.39, 0.29) is 5.97 Å². The molecule has 1 saturated heterocycles. The second-order valence-corrected chi connectivity index (χ2v) is 4.65. The molecule has 0 aliphatic carbocycles. The molecule has 1 aromatic carbocycles. The van der Waals surface area contributed by atoms with Crippen molar-refractivity contribution in [2.45, 2.75) is 12.8 Å². The molecule has 0 saturated carbocycles. The Balaban J connectivity index is 1.93. The molecule has 0 bridgehead atoms. The number of hydrogen-bond donors (Lipinski definition) is 1. The van der Waals surface area contributed by atoms with Crippen LogP contribution in [0.5, 0.6) is 5.75 Å². The van der Waals surface area contributed by atoms with Crippen LogP contribution in [-0.2, 0) is 9.47 Å². The van der Waals surface area contributed by atoms with Crippen molar-refractivity contribution in [3.8, 4) is 5.75 Å². The highest BCUT2D eigenvalue weighted by atomic mass is 16.5. The van der Waals surface area contributed by atoms with Gasteiger partial charge in [-0.2, -0.15) is 0 Å². The molecule has 104 valence electrons. The van der Waals surface area contributed by atoms with Gasteiger partial charge in [0.2, 0.25) is 0 Å². The monoisotopic (exact) mass is 265 g/mol. The number of hydrogen-bond acceptors (Lipinski definition) is 5. The number of benzene rings is 1. The highest BCUT2D eigenvalue weighted by Gasteiger charge is 2.17. The maximum Gasteiger partial charge on any atom is 0.338 e. The van der Waals surface area contributed by atoms with Crippen molar-refractivity contribution in [1.82, 2.24) is 0 Å². The second-order valence-electron chi connectivity index (χ2n) is 4.65. The largest absolute Gasteiger partial charge is 0.497 e. The van der Waals surface area contributed by atoms with Gasteiger partial charge < -0.3 is 19.9 Å². The molecule has 2 rings (SSSR count). The predicted octanol–water partition coefficient (Wildman–Crippen LogP) is 1.86. The zero-order valence-corrected chi connectivity index (χ0v) is 11.1. The third kappa shape index (κ3) is 3.86. The van der Waals surface area contributed by atoms with Gasteiger partial charge in [0, 0.05) is 25.0 Å². The molecule has 1 heterocycles. The molecular formula is C14H19NO4. The van der Waals surface area contributed by atoms with E-state index in [0.29, 0.717) is 29.5 Å². The van der Waals surface area contributed by atoms with Gasteiger partial charge in [-0.3, -0.25) is 0 Å². The zero-order valence-electron chi connectivity index (χ0n) is 11.1. The van der Waals surface area contributed by atoms with E-state index in [9.17, 15) is 4.79 Å². The molecule has 2 N–H and O–H groups in total. The lowest BCUT2D eigenvalue weighted by Gasteiger charge is -2.21. The first-order valence-electron chi connectivity index (χ1n) is 6.38. The number of carbonyl (C=O) groups excluding carboxylic acids is 1. The molecule has 19 heavy (non-hydrogen) atoms. The minimum absolute atomic E-state index is 0.364. The molecule has 1 aliphatic rings. The lowest BCUT2D eigenvalue weighted by Crippen LogP contribution is -2.22. The number of nitrogens with two attached hydrogens (primary N) is 1. The third-order valence-corrected chi connectivity index (χ3v) is 3.19. The van der Waals surface area contributed by atoms with Gasteiger partial charge in [-0.15, -0.1) is 0 Å². The number of nitrogen functional groups attached to an aromatic ring is 1. The van der Waals surface area contributed by atoms with Crippen LogP contribution in [-0.4, -0.2) is 32.9 Å². The number of esters is 1. The van der Waals surface area contributed by atoms with Crippen LogP contribution >= 0.6 is 0 Å². The lowest BCUT2D eigenvalue weighted by atomic mass is 10.0. The van der Waals surface area contributed by atoms with Gasteiger partial charge in [-0.25, -0.2) is 4.79 Å². The fourth-order valence-electron chi connectivity index (χ4n) is 2.05. The topological polar surface area (TPSA) is 70.8 Å². The van der Waals surface area contributed by atoms with Crippen LogP contribution in [0.1, 0.15) is 23.2 Å². The third-order valence-electron chi connectivity index (χ3n) is 3.19. The van der Waals surface area contributed by atoms with Gasteiger partial charge in [0.25, 0.3) is 0 Å². The van der Waals surface area contributed by atoms with E-state index in [4.69, 9.17) is 19.9 Å². The van der Waals surface area contributed by atoms with Crippen LogP contribution in [0.2, 0.25) is 0 Å². The summed E-state index contributed by atoms with van der Waals surface area (Å²) >= 11 is 0. The Bertz CT molecular complexity index is 441. The van der Waals surface area contributed by atoms with Crippen molar-refractivity contribution in [1.29, 1.82) is 0 Å². The minimum Gasteiger partial charge on any atom is -0.497 e. The first-order chi connectivity index (χ1) is 9.19. The molecule has 0 radical (unpaired) electrons. The van der Waals surface area contributed by atoms with Crippen molar-refractivity contribution in [2.24, 2.45) is 5.92 Å². The van der Waals surface area contributed by atoms with Crippen molar-refractivity contribution in [3.05, 3.63) is 23.8 Å². The van der Waals surface area contributed by atoms with Gasteiger partial charge >= 0.3 is 5.97 Å². The van der Waals surface area contributed by atoms with E-state index in [1.54, 1.807) is 18.2 Å². The Morgan fingerprint density at radius 3 is 2.79 bits per heavy atom. The SMILES string of the molecule is COc1cc(N)cc(C(=O)OCC2CCOCC2)c1. The summed E-state index contributed by atoms with van der Waals surface area (Å²) in [5, 5.41) is 0. The normalized spacial score (nSPS) is 16.1. The highest BCUT2D eigenvalue weighted by molar-refractivity contribution is 5.91. The van der Waals surface area contributed by atoms with Gasteiger partial charge in [0.05, 0.1) is 19.3 Å². The molecule has 1 aliphatic heterocycles. The van der Waals surface area contributed by atoms with Crippen LogP contribution < -0.4 is 10.5 Å². The molecule has 1 aromatic rings. The number of anilines is 1. The summed E-state index contributed by atoms with van der Waals surface area (Å²) in [7, 11) is 1.53. The van der Waals surface area contributed by atoms with Crippen molar-refractivity contribution < 1.29 is 19.0 Å². The molecule has 1 fully saturated rings. The molecule has 0 spiro atoms. The van der Waals surface area contributed by atoms with Crippen LogP contribution in [0.15, 0.2) is 18.2 Å². The van der Waals surface area contributed by atoms with E-state index < -0.39 is 0 Å². The summed E-state index contributed by atoms with van der Waals surface area (Å²) in [6.07, 6.45) is 1.88. The van der Waals surface area contributed by atoms with E-state index in [1.807, 2.05) is 0 Å². The van der Waals surface area contributed by atoms with Gasteiger partial charge in [0.15, 0.2) is 0 Å². The predicted molar refractivity (Wildman–Crippen MR) is 71.2 cm³/mol. The smallest absolute Gasteiger partial charge is 0.338 e. The van der Waals surface area contributed by atoms with Gasteiger partial charge in [-0.1, -0.05) is 0 Å². The molecular weight excluding hydrogens is 246 g/mol. The Labute approximate surface area is 112 Å². The molecule has 0 amide bonds. The van der Waals surface area contributed by atoms with E-state index in [0.717, 1.165) is 26.1 Å². The summed E-state index contributed by atoms with van der Waals surface area (Å²) in [5.41, 5.74) is 6.61. The molecule has 0 unspecified atom stereocenters. The van der Waals surface area contributed by atoms with E-state index in [1.165, 1.54) is 7.11 Å². The van der Waals surface area contributed by atoms with E-state index >= 15 is 0 Å². The van der Waals surface area contributed by atoms with Crippen LogP contribution in [0.4, 0.5) is 5.69 Å². The number of methoxy groups -OCH3 is 1. The summed E-state index contributed by atoms with van der Waals surface area (Å²) in [5.74, 6) is 0.579. The standard InChI is InChI=1S/C14H19NO4/c1-17-13-7-11(6-12(15)8-13)14(16)19-9-10-2-4-18-5-3-10/h6-8,10H,2-5,9,15H2,1H3. The molecule has 0 aromatic heterocycles. The average molecular weight is 265 g/mol. The second kappa shape index (κ2) is 6.43. The maximum atomic E-state index is 11.9. The Hall–Kier alpha value is -1.75. The summed E-state index contributed by atoms with van der Waals surface area (Å²) in [4.78, 5) is 11.9. The number of rotatable bonds is 4. The number of ether oxygens (including phenoxy) is 3. The first kappa shape index (κ1) is 13.7. The van der Waals surface area contributed by atoms with E-state index in [2.05, 4.69) is 0 Å². The fraction of sp³-hybridized carbons (Fsp3) is 0.500. The lowest BCUT2D eigenvalue weighted by molar-refractivity contribution is 0.0185. The first-order valence-corrected chi connectivity index (χ1v) is 6.38. The number of carbonyl (C=O) groups is 1. The van der Waals surface area contributed by atoms with Gasteiger partial charge in [0.1, 0.15) is 5.75 Å². The highest BCUT2D eigenvalue weighted by Crippen LogP contribution is 2.20. The van der Waals surface area contributed by atoms with Crippen molar-refractivity contribution in [2.75, 3.05) is 32.7 Å². The average Bonchev–Trinajstić information content (AvgIpc) is 2.45. The minimum atomic E-state index is -0.364. The maximum absolute atomic E-state index is 11.9. The Kier molecular flexibility index (Phi) is 4.63. The Morgan fingerprint density at radius 1 is 1.37 bits per heavy atom. The summed E-state index contributed by atoms with van der Waals surface area (Å²) in [6.45, 7) is 1.92. The molecule has 0 atom stereocenters. The fourth-order valence-corrected chi connectivity index (χ4v) is 2.05. The van der Waals surface area contributed by atoms with Crippen LogP contribution in [0, 0.1) is 5.92 Å². The van der Waals surface area contributed by atoms with Gasteiger partial charge in [-0.05, 0) is 30.9 Å². The quantitative estimate of drug-likeness (QED) is 0.664. The summed E-state index contributed by atoms with van der Waals surface area (Å²) < 4.78 is 15.7. The molecule has 5 nitrogen and oxygen atoms in total. The Morgan fingerprint density at radius 2 is 2.11 bits per heavy atom. The molecule has 5 heteroatoms. The zero-order chi connectivity index (χ0) is 13.7.